The van der Waals surface area contributed by atoms with Gasteiger partial charge in [-0.1, -0.05) is 6.42 Å². The standard InChI is InChI=1S/C14H23N3S/c1-11(14-8-15-10-18-14)17(13-5-6-13)9-12-4-2-3-7-16-12/h8,10-13,16H,2-7,9H2,1H3. The van der Waals surface area contributed by atoms with Gasteiger partial charge < -0.3 is 5.32 Å². The molecule has 0 amide bonds. The summed E-state index contributed by atoms with van der Waals surface area (Å²) in [6, 6.07) is 2.06. The highest BCUT2D eigenvalue weighted by molar-refractivity contribution is 7.09. The molecule has 2 heterocycles. The quantitative estimate of drug-likeness (QED) is 0.887. The van der Waals surface area contributed by atoms with Crippen molar-refractivity contribution in [1.29, 1.82) is 0 Å². The first-order chi connectivity index (χ1) is 8.84. The van der Waals surface area contributed by atoms with Crippen LogP contribution < -0.4 is 5.32 Å². The molecule has 2 aliphatic rings. The molecule has 0 aromatic carbocycles. The van der Waals surface area contributed by atoms with Crippen LogP contribution in [0.1, 0.15) is 49.9 Å². The van der Waals surface area contributed by atoms with Crippen LogP contribution in [-0.4, -0.2) is 35.1 Å². The number of thiazole rings is 1. The molecule has 1 aromatic heterocycles. The number of aromatic nitrogens is 1. The number of nitrogens with zero attached hydrogens (tertiary/aromatic N) is 2. The highest BCUT2D eigenvalue weighted by Gasteiger charge is 2.34. The molecule has 100 valence electrons. The van der Waals surface area contributed by atoms with Gasteiger partial charge in [-0.05, 0) is 39.2 Å². The van der Waals surface area contributed by atoms with Crippen LogP contribution in [0.5, 0.6) is 0 Å². The Balaban J connectivity index is 1.64. The van der Waals surface area contributed by atoms with E-state index in [0.717, 1.165) is 6.04 Å². The van der Waals surface area contributed by atoms with E-state index in [2.05, 4.69) is 22.1 Å². The predicted octanol–water partition coefficient (Wildman–Crippen LogP) is 2.81. The fourth-order valence-corrected chi connectivity index (χ4v) is 3.66. The van der Waals surface area contributed by atoms with Crippen LogP contribution in [0.4, 0.5) is 0 Å². The van der Waals surface area contributed by atoms with E-state index < -0.39 is 0 Å². The molecule has 1 aromatic rings. The molecule has 2 unspecified atom stereocenters. The minimum absolute atomic E-state index is 0.536. The van der Waals surface area contributed by atoms with Gasteiger partial charge in [-0.2, -0.15) is 0 Å². The van der Waals surface area contributed by atoms with Crippen LogP contribution in [0.3, 0.4) is 0 Å². The summed E-state index contributed by atoms with van der Waals surface area (Å²) in [6.45, 7) is 4.76. The predicted molar refractivity (Wildman–Crippen MR) is 75.9 cm³/mol. The summed E-state index contributed by atoms with van der Waals surface area (Å²) in [5, 5.41) is 3.68. The lowest BCUT2D eigenvalue weighted by atomic mass is 10.0. The Morgan fingerprint density at radius 3 is 2.94 bits per heavy atom. The summed E-state index contributed by atoms with van der Waals surface area (Å²) in [5.74, 6) is 0. The topological polar surface area (TPSA) is 28.2 Å². The molecule has 2 atom stereocenters. The smallest absolute Gasteiger partial charge is 0.0794 e. The van der Waals surface area contributed by atoms with Crippen molar-refractivity contribution in [2.75, 3.05) is 13.1 Å². The van der Waals surface area contributed by atoms with Crippen LogP contribution in [0, 0.1) is 0 Å². The van der Waals surface area contributed by atoms with E-state index in [9.17, 15) is 0 Å². The van der Waals surface area contributed by atoms with Crippen molar-refractivity contribution >= 4 is 11.3 Å². The molecule has 1 saturated heterocycles. The van der Waals surface area contributed by atoms with E-state index in [1.165, 1.54) is 50.1 Å². The molecular weight excluding hydrogens is 242 g/mol. The van der Waals surface area contributed by atoms with E-state index in [-0.39, 0.29) is 0 Å². The van der Waals surface area contributed by atoms with Gasteiger partial charge in [0.1, 0.15) is 0 Å². The Morgan fingerprint density at radius 2 is 2.33 bits per heavy atom. The van der Waals surface area contributed by atoms with Crippen molar-refractivity contribution in [3.05, 3.63) is 16.6 Å². The van der Waals surface area contributed by atoms with Crippen LogP contribution in [0.15, 0.2) is 11.7 Å². The van der Waals surface area contributed by atoms with Gasteiger partial charge in [-0.3, -0.25) is 9.88 Å². The zero-order valence-electron chi connectivity index (χ0n) is 11.1. The molecule has 0 spiro atoms. The first-order valence-corrected chi connectivity index (χ1v) is 8.10. The number of rotatable bonds is 5. The van der Waals surface area contributed by atoms with Crippen LogP contribution in [0.25, 0.3) is 0 Å². The van der Waals surface area contributed by atoms with Crippen LogP contribution >= 0.6 is 11.3 Å². The lowest BCUT2D eigenvalue weighted by molar-refractivity contribution is 0.168. The lowest BCUT2D eigenvalue weighted by Gasteiger charge is -2.34. The molecule has 0 radical (unpaired) electrons. The molecule has 1 aliphatic carbocycles. The van der Waals surface area contributed by atoms with E-state index in [0.29, 0.717) is 12.1 Å². The van der Waals surface area contributed by atoms with Gasteiger partial charge in [0, 0.05) is 35.7 Å². The molecule has 18 heavy (non-hydrogen) atoms. The minimum atomic E-state index is 0.536. The molecular formula is C14H23N3S. The third-order valence-electron chi connectivity index (χ3n) is 4.22. The van der Waals surface area contributed by atoms with E-state index >= 15 is 0 Å². The van der Waals surface area contributed by atoms with Gasteiger partial charge in [0.15, 0.2) is 0 Å². The zero-order chi connectivity index (χ0) is 12.4. The van der Waals surface area contributed by atoms with Crippen molar-refractivity contribution in [2.45, 2.75) is 57.2 Å². The molecule has 4 heteroatoms. The first-order valence-electron chi connectivity index (χ1n) is 7.22. The van der Waals surface area contributed by atoms with Gasteiger partial charge in [0.05, 0.1) is 5.51 Å². The second-order valence-corrected chi connectivity index (χ2v) is 6.57. The fourth-order valence-electron chi connectivity index (χ4n) is 2.96. The van der Waals surface area contributed by atoms with Crippen LogP contribution in [0.2, 0.25) is 0 Å². The maximum atomic E-state index is 4.23. The fraction of sp³-hybridized carbons (Fsp3) is 0.786. The lowest BCUT2D eigenvalue weighted by Crippen LogP contribution is -2.45. The summed E-state index contributed by atoms with van der Waals surface area (Å²) in [4.78, 5) is 8.35. The average molecular weight is 265 g/mol. The third-order valence-corrected chi connectivity index (χ3v) is 5.17. The Morgan fingerprint density at radius 1 is 1.44 bits per heavy atom. The van der Waals surface area contributed by atoms with Gasteiger partial charge in [-0.25, -0.2) is 0 Å². The SMILES string of the molecule is CC(c1cncs1)N(CC1CCCCN1)C1CC1. The summed E-state index contributed by atoms with van der Waals surface area (Å²) in [5.41, 5.74) is 1.95. The molecule has 1 saturated carbocycles. The Kier molecular flexibility index (Phi) is 3.97. The van der Waals surface area contributed by atoms with E-state index in [1.54, 1.807) is 11.3 Å². The van der Waals surface area contributed by atoms with Crippen molar-refractivity contribution in [2.24, 2.45) is 0 Å². The summed E-state index contributed by atoms with van der Waals surface area (Å²) < 4.78 is 0. The Hall–Kier alpha value is -0.450. The zero-order valence-corrected chi connectivity index (χ0v) is 12.0. The van der Waals surface area contributed by atoms with E-state index in [4.69, 9.17) is 0 Å². The maximum Gasteiger partial charge on any atom is 0.0794 e. The second-order valence-electron chi connectivity index (χ2n) is 5.65. The second kappa shape index (κ2) is 5.68. The number of piperidine rings is 1. The number of hydrogen-bond acceptors (Lipinski definition) is 4. The summed E-state index contributed by atoms with van der Waals surface area (Å²) >= 11 is 1.79. The van der Waals surface area contributed by atoms with Crippen molar-refractivity contribution in [3.8, 4) is 0 Å². The van der Waals surface area contributed by atoms with Gasteiger partial charge in [-0.15, -0.1) is 11.3 Å². The Bertz CT molecular complexity index is 355. The Labute approximate surface area is 114 Å². The summed E-state index contributed by atoms with van der Waals surface area (Å²) in [7, 11) is 0. The molecule has 1 aliphatic heterocycles. The highest BCUT2D eigenvalue weighted by atomic mass is 32.1. The molecule has 3 nitrogen and oxygen atoms in total. The molecule has 1 N–H and O–H groups in total. The van der Waals surface area contributed by atoms with Gasteiger partial charge in [0.25, 0.3) is 0 Å². The highest BCUT2D eigenvalue weighted by Crippen LogP contribution is 2.35. The maximum absolute atomic E-state index is 4.23. The molecule has 0 bridgehead atoms. The van der Waals surface area contributed by atoms with E-state index in [1.807, 2.05) is 11.7 Å². The van der Waals surface area contributed by atoms with Crippen molar-refractivity contribution in [1.82, 2.24) is 15.2 Å². The number of nitrogens with one attached hydrogen (secondary N) is 1. The molecule has 2 fully saturated rings. The van der Waals surface area contributed by atoms with Crippen LogP contribution in [-0.2, 0) is 0 Å². The van der Waals surface area contributed by atoms with Gasteiger partial charge in [0.2, 0.25) is 0 Å². The molecule has 3 rings (SSSR count). The average Bonchev–Trinajstić information content (AvgIpc) is 3.10. The third kappa shape index (κ3) is 2.92. The summed E-state index contributed by atoms with van der Waals surface area (Å²) in [6.07, 6.45) is 8.90. The first kappa shape index (κ1) is 12.6. The largest absolute Gasteiger partial charge is 0.313 e. The van der Waals surface area contributed by atoms with Gasteiger partial charge >= 0.3 is 0 Å². The van der Waals surface area contributed by atoms with Crippen molar-refractivity contribution < 1.29 is 0 Å². The number of hydrogen-bond donors (Lipinski definition) is 1. The van der Waals surface area contributed by atoms with Crippen molar-refractivity contribution in [3.63, 3.8) is 0 Å². The normalized spacial score (nSPS) is 26.4. The monoisotopic (exact) mass is 265 g/mol. The minimum Gasteiger partial charge on any atom is -0.313 e.